The number of carbonyl (C=O) groups excluding carboxylic acids is 1. The minimum atomic E-state index is -0.127. The second-order valence-corrected chi connectivity index (χ2v) is 8.27. The molecule has 0 atom stereocenters. The molecule has 0 saturated heterocycles. The molecule has 4 aliphatic rings. The lowest BCUT2D eigenvalue weighted by atomic mass is 9.54. The van der Waals surface area contributed by atoms with Crippen LogP contribution in [0.2, 0.25) is 0 Å². The lowest BCUT2D eigenvalue weighted by Gasteiger charge is -2.54. The van der Waals surface area contributed by atoms with Crippen LogP contribution in [0.4, 0.5) is 0 Å². The molecule has 2 heterocycles. The van der Waals surface area contributed by atoms with Crippen molar-refractivity contribution in [3.8, 4) is 11.3 Å². The highest BCUT2D eigenvalue weighted by Crippen LogP contribution is 2.53. The Labute approximate surface area is 146 Å². The summed E-state index contributed by atoms with van der Waals surface area (Å²) in [7, 11) is 1.89. The Kier molecular flexibility index (Phi) is 3.30. The third kappa shape index (κ3) is 2.41. The molecular formula is C19H24N4O2. The van der Waals surface area contributed by atoms with E-state index in [2.05, 4.69) is 15.6 Å². The summed E-state index contributed by atoms with van der Waals surface area (Å²) in [6.07, 6.45) is 8.32. The van der Waals surface area contributed by atoms with Gasteiger partial charge in [0.1, 0.15) is 5.69 Å². The molecule has 4 bridgehead atoms. The minimum absolute atomic E-state index is 0.127. The lowest BCUT2D eigenvalue weighted by molar-refractivity contribution is -0.0123. The van der Waals surface area contributed by atoms with E-state index >= 15 is 0 Å². The van der Waals surface area contributed by atoms with E-state index in [1.54, 1.807) is 16.9 Å². The monoisotopic (exact) mass is 340 g/mol. The predicted octanol–water partition coefficient (Wildman–Crippen LogP) is 2.94. The second-order valence-electron chi connectivity index (χ2n) is 8.27. The second kappa shape index (κ2) is 5.44. The van der Waals surface area contributed by atoms with Crippen molar-refractivity contribution in [1.82, 2.24) is 20.3 Å². The summed E-state index contributed by atoms with van der Waals surface area (Å²) in [5.41, 5.74) is 2.57. The normalized spacial score (nSPS) is 33.0. The number of hydrogen-bond donors (Lipinski definition) is 1. The van der Waals surface area contributed by atoms with Gasteiger partial charge >= 0.3 is 0 Å². The molecule has 0 spiro atoms. The van der Waals surface area contributed by atoms with Crippen molar-refractivity contribution in [1.29, 1.82) is 0 Å². The maximum absolute atomic E-state index is 12.7. The summed E-state index contributed by atoms with van der Waals surface area (Å²) in [5.74, 6) is 3.29. The topological polar surface area (TPSA) is 73.0 Å². The van der Waals surface area contributed by atoms with Crippen LogP contribution in [0.5, 0.6) is 0 Å². The van der Waals surface area contributed by atoms with Crippen LogP contribution in [0.3, 0.4) is 0 Å². The van der Waals surface area contributed by atoms with Gasteiger partial charge in [-0.3, -0.25) is 9.48 Å². The van der Waals surface area contributed by atoms with E-state index in [4.69, 9.17) is 4.52 Å². The molecule has 132 valence electrons. The highest BCUT2D eigenvalue weighted by atomic mass is 16.5. The fourth-order valence-electron chi connectivity index (χ4n) is 5.64. The van der Waals surface area contributed by atoms with Crippen molar-refractivity contribution in [3.05, 3.63) is 23.7 Å². The molecule has 25 heavy (non-hydrogen) atoms. The zero-order chi connectivity index (χ0) is 17.1. The Morgan fingerprint density at radius 1 is 1.20 bits per heavy atom. The van der Waals surface area contributed by atoms with Crippen molar-refractivity contribution in [2.75, 3.05) is 0 Å². The van der Waals surface area contributed by atoms with Crippen molar-refractivity contribution < 1.29 is 9.32 Å². The van der Waals surface area contributed by atoms with Gasteiger partial charge in [-0.2, -0.15) is 5.10 Å². The largest absolute Gasteiger partial charge is 0.350 e. The van der Waals surface area contributed by atoms with E-state index in [-0.39, 0.29) is 5.91 Å². The average Bonchev–Trinajstić information content (AvgIpc) is 3.18. The van der Waals surface area contributed by atoms with E-state index in [1.807, 2.05) is 14.0 Å². The third-order valence-electron chi connectivity index (χ3n) is 6.77. The summed E-state index contributed by atoms with van der Waals surface area (Å²) in [5, 5.41) is 11.6. The van der Waals surface area contributed by atoms with Crippen molar-refractivity contribution in [2.24, 2.45) is 30.7 Å². The summed E-state index contributed by atoms with van der Waals surface area (Å²) in [6, 6.07) is 2.05. The molecule has 6 heteroatoms. The van der Waals surface area contributed by atoms with Gasteiger partial charge in [0.05, 0.1) is 6.20 Å². The molecule has 6 rings (SSSR count). The van der Waals surface area contributed by atoms with Gasteiger partial charge in [0.25, 0.3) is 5.91 Å². The van der Waals surface area contributed by atoms with Gasteiger partial charge in [0, 0.05) is 30.4 Å². The first-order chi connectivity index (χ1) is 12.1. The van der Waals surface area contributed by atoms with Crippen molar-refractivity contribution >= 4 is 5.91 Å². The maximum Gasteiger partial charge on any atom is 0.290 e. The van der Waals surface area contributed by atoms with Gasteiger partial charge in [-0.1, -0.05) is 5.16 Å². The highest BCUT2D eigenvalue weighted by Gasteiger charge is 2.48. The number of nitrogens with zero attached hydrogens (tertiary/aromatic N) is 3. The van der Waals surface area contributed by atoms with E-state index < -0.39 is 0 Å². The molecule has 2 aromatic rings. The van der Waals surface area contributed by atoms with Gasteiger partial charge in [-0.05, 0) is 62.7 Å². The van der Waals surface area contributed by atoms with E-state index in [0.29, 0.717) is 29.3 Å². The highest BCUT2D eigenvalue weighted by molar-refractivity contribution is 5.92. The SMILES string of the molecule is Cc1c(-c2cc(C(=O)NC3C4CC5CC(C4)CC3C5)on2)cnn1C. The lowest BCUT2D eigenvalue weighted by Crippen LogP contribution is -2.55. The van der Waals surface area contributed by atoms with Crippen molar-refractivity contribution in [2.45, 2.75) is 45.1 Å². The van der Waals surface area contributed by atoms with Crippen LogP contribution < -0.4 is 5.32 Å². The quantitative estimate of drug-likeness (QED) is 0.932. The molecule has 6 nitrogen and oxygen atoms in total. The first kappa shape index (κ1) is 15.2. The zero-order valence-corrected chi connectivity index (χ0v) is 14.7. The average molecular weight is 340 g/mol. The number of hydrogen-bond acceptors (Lipinski definition) is 4. The summed E-state index contributed by atoms with van der Waals surface area (Å²) in [6.45, 7) is 1.98. The maximum atomic E-state index is 12.7. The standard InChI is InChI=1S/C19H24N4O2/c1-10-15(9-20-23(10)2)16-8-17(25-22-16)19(24)21-18-13-4-11-3-12(6-13)7-14(18)5-11/h8-9,11-14,18H,3-7H2,1-2H3,(H,21,24). The number of amides is 1. The third-order valence-corrected chi connectivity index (χ3v) is 6.77. The number of nitrogens with one attached hydrogen (secondary N) is 1. The van der Waals surface area contributed by atoms with Crippen LogP contribution in [0.15, 0.2) is 16.8 Å². The Hall–Kier alpha value is -2.11. The number of aromatic nitrogens is 3. The van der Waals surface area contributed by atoms with E-state index in [1.165, 1.54) is 32.1 Å². The van der Waals surface area contributed by atoms with Crippen LogP contribution >= 0.6 is 0 Å². The van der Waals surface area contributed by atoms with Gasteiger partial charge in [0.15, 0.2) is 0 Å². The van der Waals surface area contributed by atoms with Gasteiger partial charge < -0.3 is 9.84 Å². The fraction of sp³-hybridized carbons (Fsp3) is 0.632. The summed E-state index contributed by atoms with van der Waals surface area (Å²) >= 11 is 0. The van der Waals surface area contributed by atoms with Crippen LogP contribution in [-0.2, 0) is 7.05 Å². The van der Waals surface area contributed by atoms with Gasteiger partial charge in [-0.15, -0.1) is 0 Å². The summed E-state index contributed by atoms with van der Waals surface area (Å²) in [4.78, 5) is 12.7. The molecule has 0 aliphatic heterocycles. The van der Waals surface area contributed by atoms with Crippen LogP contribution in [0.25, 0.3) is 11.3 Å². The van der Waals surface area contributed by atoms with Crippen LogP contribution in [0, 0.1) is 30.6 Å². The Morgan fingerprint density at radius 2 is 1.88 bits per heavy atom. The first-order valence-corrected chi connectivity index (χ1v) is 9.35. The fourth-order valence-corrected chi connectivity index (χ4v) is 5.64. The zero-order valence-electron chi connectivity index (χ0n) is 14.7. The van der Waals surface area contributed by atoms with Gasteiger partial charge in [-0.25, -0.2) is 0 Å². The Morgan fingerprint density at radius 3 is 2.48 bits per heavy atom. The van der Waals surface area contributed by atoms with E-state index in [9.17, 15) is 4.79 Å². The van der Waals surface area contributed by atoms with E-state index in [0.717, 1.165) is 23.1 Å². The van der Waals surface area contributed by atoms with Gasteiger partial charge in [0.2, 0.25) is 5.76 Å². The smallest absolute Gasteiger partial charge is 0.290 e. The van der Waals surface area contributed by atoms with Crippen molar-refractivity contribution in [3.63, 3.8) is 0 Å². The first-order valence-electron chi connectivity index (χ1n) is 9.35. The Balaban J connectivity index is 1.33. The molecule has 0 radical (unpaired) electrons. The molecule has 2 aromatic heterocycles. The predicted molar refractivity (Wildman–Crippen MR) is 91.7 cm³/mol. The number of rotatable bonds is 3. The molecular weight excluding hydrogens is 316 g/mol. The number of aryl methyl sites for hydroxylation is 1. The molecule has 4 aliphatic carbocycles. The van der Waals surface area contributed by atoms with Crippen LogP contribution in [-0.4, -0.2) is 26.9 Å². The Bertz CT molecular complexity index is 793. The summed E-state index contributed by atoms with van der Waals surface area (Å²) < 4.78 is 7.13. The molecule has 1 amide bonds. The molecule has 1 N–H and O–H groups in total. The number of carbonyl (C=O) groups is 1. The molecule has 4 saturated carbocycles. The molecule has 0 aromatic carbocycles. The minimum Gasteiger partial charge on any atom is -0.350 e. The van der Waals surface area contributed by atoms with Crippen LogP contribution in [0.1, 0.15) is 48.4 Å². The molecule has 4 fully saturated rings. The molecule has 0 unspecified atom stereocenters.